The molecule has 0 aromatic carbocycles. The standard InChI is InChI=1S/C16H30N4O4/c1-11(19(6)15(23)24-16(2,3)4)13(21)20-8-7-12(10-20)9-18-14(22)17-5/h11-12H,7-10H2,1-6H3,(H2,17,18,22)/t11-,12+/m0/s1. The lowest BCUT2D eigenvalue weighted by atomic mass is 10.1. The zero-order valence-corrected chi connectivity index (χ0v) is 15.5. The summed E-state index contributed by atoms with van der Waals surface area (Å²) in [7, 11) is 3.13. The number of urea groups is 1. The maximum Gasteiger partial charge on any atom is 0.410 e. The highest BCUT2D eigenvalue weighted by atomic mass is 16.6. The van der Waals surface area contributed by atoms with Crippen LogP contribution < -0.4 is 10.6 Å². The summed E-state index contributed by atoms with van der Waals surface area (Å²) in [4.78, 5) is 38.9. The molecule has 138 valence electrons. The fourth-order valence-electron chi connectivity index (χ4n) is 2.45. The third-order valence-corrected chi connectivity index (χ3v) is 4.00. The molecule has 1 saturated heterocycles. The molecule has 0 aromatic rings. The fourth-order valence-corrected chi connectivity index (χ4v) is 2.45. The van der Waals surface area contributed by atoms with E-state index in [1.54, 1.807) is 46.7 Å². The lowest BCUT2D eigenvalue weighted by Crippen LogP contribution is -2.48. The molecule has 1 rings (SSSR count). The number of rotatable bonds is 4. The molecule has 0 radical (unpaired) electrons. The molecule has 1 aliphatic heterocycles. The van der Waals surface area contributed by atoms with Gasteiger partial charge in [0.1, 0.15) is 11.6 Å². The average molecular weight is 342 g/mol. The van der Waals surface area contributed by atoms with Gasteiger partial charge in [-0.2, -0.15) is 0 Å². The van der Waals surface area contributed by atoms with Crippen molar-refractivity contribution in [3.8, 4) is 0 Å². The van der Waals surface area contributed by atoms with E-state index in [9.17, 15) is 14.4 Å². The van der Waals surface area contributed by atoms with Crippen LogP contribution in [0, 0.1) is 5.92 Å². The zero-order valence-electron chi connectivity index (χ0n) is 15.5. The molecule has 4 amide bonds. The first kappa shape index (κ1) is 20.1. The highest BCUT2D eigenvalue weighted by molar-refractivity contribution is 5.85. The van der Waals surface area contributed by atoms with Crippen LogP contribution >= 0.6 is 0 Å². The normalized spacial score (nSPS) is 18.8. The summed E-state index contributed by atoms with van der Waals surface area (Å²) < 4.78 is 5.29. The maximum atomic E-state index is 12.6. The first-order chi connectivity index (χ1) is 11.0. The summed E-state index contributed by atoms with van der Waals surface area (Å²) in [6.45, 7) is 8.80. The Balaban J connectivity index is 2.51. The van der Waals surface area contributed by atoms with E-state index in [0.29, 0.717) is 19.6 Å². The minimum Gasteiger partial charge on any atom is -0.444 e. The van der Waals surface area contributed by atoms with E-state index in [1.807, 2.05) is 0 Å². The quantitative estimate of drug-likeness (QED) is 0.798. The van der Waals surface area contributed by atoms with Crippen molar-refractivity contribution in [3.05, 3.63) is 0 Å². The van der Waals surface area contributed by atoms with Gasteiger partial charge in [0, 0.05) is 33.7 Å². The van der Waals surface area contributed by atoms with Gasteiger partial charge in [0.2, 0.25) is 5.91 Å². The summed E-state index contributed by atoms with van der Waals surface area (Å²) in [6, 6.07) is -0.816. The molecule has 8 heteroatoms. The Morgan fingerprint density at radius 2 is 1.96 bits per heavy atom. The molecular weight excluding hydrogens is 312 g/mol. The zero-order chi connectivity index (χ0) is 18.5. The van der Waals surface area contributed by atoms with Gasteiger partial charge < -0.3 is 20.3 Å². The van der Waals surface area contributed by atoms with E-state index in [2.05, 4.69) is 10.6 Å². The highest BCUT2D eigenvalue weighted by Gasteiger charge is 2.33. The molecule has 0 bridgehead atoms. The molecule has 0 aromatic heterocycles. The van der Waals surface area contributed by atoms with Crippen molar-refractivity contribution in [2.75, 3.05) is 33.7 Å². The van der Waals surface area contributed by atoms with Crippen molar-refractivity contribution < 1.29 is 19.1 Å². The molecular formula is C16H30N4O4. The van der Waals surface area contributed by atoms with Crippen LogP contribution in [-0.4, -0.2) is 73.2 Å². The van der Waals surface area contributed by atoms with E-state index < -0.39 is 17.7 Å². The predicted molar refractivity (Wildman–Crippen MR) is 90.6 cm³/mol. The van der Waals surface area contributed by atoms with Gasteiger partial charge in [-0.3, -0.25) is 9.69 Å². The SMILES string of the molecule is CNC(=O)NC[C@H]1CCN(C(=O)[C@H](C)N(C)C(=O)OC(C)(C)C)C1. The van der Waals surface area contributed by atoms with Gasteiger partial charge in [-0.05, 0) is 40.0 Å². The van der Waals surface area contributed by atoms with Crippen LogP contribution in [-0.2, 0) is 9.53 Å². The van der Waals surface area contributed by atoms with Gasteiger partial charge in [-0.25, -0.2) is 9.59 Å². The number of hydrogen-bond acceptors (Lipinski definition) is 4. The third kappa shape index (κ3) is 5.90. The largest absolute Gasteiger partial charge is 0.444 e. The number of amides is 4. The second-order valence-corrected chi connectivity index (χ2v) is 7.17. The molecule has 2 N–H and O–H groups in total. The average Bonchev–Trinajstić information content (AvgIpc) is 2.97. The molecule has 0 unspecified atom stereocenters. The molecule has 1 aliphatic rings. The molecule has 24 heavy (non-hydrogen) atoms. The van der Waals surface area contributed by atoms with E-state index in [4.69, 9.17) is 4.74 Å². The predicted octanol–water partition coefficient (Wildman–Crippen LogP) is 1.02. The van der Waals surface area contributed by atoms with Crippen LogP contribution in [0.4, 0.5) is 9.59 Å². The number of likely N-dealkylation sites (N-methyl/N-ethyl adjacent to an activating group) is 1. The summed E-state index contributed by atoms with van der Waals surface area (Å²) in [5.74, 6) is 0.121. The smallest absolute Gasteiger partial charge is 0.410 e. The second-order valence-electron chi connectivity index (χ2n) is 7.17. The fraction of sp³-hybridized carbons (Fsp3) is 0.812. The van der Waals surface area contributed by atoms with Gasteiger partial charge in [0.05, 0.1) is 0 Å². The van der Waals surface area contributed by atoms with Gasteiger partial charge in [0.25, 0.3) is 0 Å². The molecule has 0 spiro atoms. The minimum atomic E-state index is -0.599. The molecule has 8 nitrogen and oxygen atoms in total. The van der Waals surface area contributed by atoms with Crippen LogP contribution in [0.1, 0.15) is 34.1 Å². The van der Waals surface area contributed by atoms with Crippen molar-refractivity contribution >= 4 is 18.0 Å². The number of nitrogens with zero attached hydrogens (tertiary/aromatic N) is 2. The Bertz CT molecular complexity index is 475. The summed E-state index contributed by atoms with van der Waals surface area (Å²) in [5.41, 5.74) is -0.599. The number of nitrogens with one attached hydrogen (secondary N) is 2. The van der Waals surface area contributed by atoms with Gasteiger partial charge in [0.15, 0.2) is 0 Å². The molecule has 0 aliphatic carbocycles. The third-order valence-electron chi connectivity index (χ3n) is 4.00. The number of hydrogen-bond donors (Lipinski definition) is 2. The van der Waals surface area contributed by atoms with Crippen LogP contribution in [0.5, 0.6) is 0 Å². The van der Waals surface area contributed by atoms with Gasteiger partial charge >= 0.3 is 12.1 Å². The summed E-state index contributed by atoms with van der Waals surface area (Å²) >= 11 is 0. The van der Waals surface area contributed by atoms with E-state index in [0.717, 1.165) is 6.42 Å². The van der Waals surface area contributed by atoms with E-state index in [-0.39, 0.29) is 17.9 Å². The number of carbonyl (C=O) groups is 3. The Hall–Kier alpha value is -1.99. The summed E-state index contributed by atoms with van der Waals surface area (Å²) in [6.07, 6.45) is 0.318. The number of carbonyl (C=O) groups excluding carboxylic acids is 3. The van der Waals surface area contributed by atoms with Gasteiger partial charge in [-0.1, -0.05) is 0 Å². The molecule has 0 saturated carbocycles. The van der Waals surface area contributed by atoms with Crippen LogP contribution in [0.25, 0.3) is 0 Å². The highest BCUT2D eigenvalue weighted by Crippen LogP contribution is 2.18. The van der Waals surface area contributed by atoms with Crippen molar-refractivity contribution in [2.45, 2.75) is 45.8 Å². The second kappa shape index (κ2) is 8.21. The number of ether oxygens (including phenoxy) is 1. The molecule has 2 atom stereocenters. The van der Waals surface area contributed by atoms with Crippen molar-refractivity contribution in [2.24, 2.45) is 5.92 Å². The first-order valence-electron chi connectivity index (χ1n) is 8.25. The Kier molecular flexibility index (Phi) is 6.86. The Labute approximate surface area is 143 Å². The van der Waals surface area contributed by atoms with Gasteiger partial charge in [-0.15, -0.1) is 0 Å². The lowest BCUT2D eigenvalue weighted by molar-refractivity contribution is -0.134. The Morgan fingerprint density at radius 1 is 1.33 bits per heavy atom. The molecule has 1 fully saturated rings. The topological polar surface area (TPSA) is 91.0 Å². The van der Waals surface area contributed by atoms with E-state index in [1.165, 1.54) is 4.90 Å². The first-order valence-corrected chi connectivity index (χ1v) is 8.25. The minimum absolute atomic E-state index is 0.106. The lowest BCUT2D eigenvalue weighted by Gasteiger charge is -2.30. The van der Waals surface area contributed by atoms with Crippen LogP contribution in [0.2, 0.25) is 0 Å². The van der Waals surface area contributed by atoms with Crippen LogP contribution in [0.3, 0.4) is 0 Å². The Morgan fingerprint density at radius 3 is 2.50 bits per heavy atom. The molecule has 1 heterocycles. The van der Waals surface area contributed by atoms with Crippen molar-refractivity contribution in [1.82, 2.24) is 20.4 Å². The van der Waals surface area contributed by atoms with E-state index >= 15 is 0 Å². The van der Waals surface area contributed by atoms with Crippen LogP contribution in [0.15, 0.2) is 0 Å². The monoisotopic (exact) mass is 342 g/mol. The van der Waals surface area contributed by atoms with Crippen molar-refractivity contribution in [3.63, 3.8) is 0 Å². The maximum absolute atomic E-state index is 12.6. The summed E-state index contributed by atoms with van der Waals surface area (Å²) in [5, 5.41) is 5.26. The number of likely N-dealkylation sites (tertiary alicyclic amines) is 1. The van der Waals surface area contributed by atoms with Crippen molar-refractivity contribution in [1.29, 1.82) is 0 Å².